The molecule has 0 aromatic heterocycles. The summed E-state index contributed by atoms with van der Waals surface area (Å²) in [5.74, 6) is 1.35. The molecule has 0 radical (unpaired) electrons. The summed E-state index contributed by atoms with van der Waals surface area (Å²) in [6.07, 6.45) is 0.782. The Hall–Kier alpha value is -3.22. The van der Waals surface area contributed by atoms with Crippen LogP contribution in [0.4, 0.5) is 0 Å². The Kier molecular flexibility index (Phi) is 6.14. The molecule has 1 aliphatic rings. The lowest BCUT2D eigenvalue weighted by atomic mass is 10.1. The van der Waals surface area contributed by atoms with E-state index in [2.05, 4.69) is 0 Å². The number of ketones is 1. The molecule has 0 N–H and O–H groups in total. The Morgan fingerprint density at radius 1 is 0.926 bits per heavy atom. The zero-order chi connectivity index (χ0) is 19.1. The van der Waals surface area contributed by atoms with Gasteiger partial charge in [-0.3, -0.25) is 4.79 Å². The predicted molar refractivity (Wildman–Crippen MR) is 95.8 cm³/mol. The molecular formula is C20H20O7. The van der Waals surface area contributed by atoms with Crippen LogP contribution in [0.3, 0.4) is 0 Å². The molecule has 0 bridgehead atoms. The molecule has 1 aliphatic heterocycles. The number of Topliss-reactive ketones (excluding diaryl/α,β-unsaturated/α-hetero) is 1. The van der Waals surface area contributed by atoms with Gasteiger partial charge in [-0.1, -0.05) is 0 Å². The van der Waals surface area contributed by atoms with Crippen LogP contribution in [-0.4, -0.2) is 45.3 Å². The van der Waals surface area contributed by atoms with E-state index < -0.39 is 5.97 Å². The maximum atomic E-state index is 12.2. The lowest BCUT2D eigenvalue weighted by Crippen LogP contribution is -2.19. The first kappa shape index (κ1) is 18.6. The molecule has 0 amide bonds. The van der Waals surface area contributed by atoms with E-state index in [0.717, 1.165) is 6.42 Å². The average Bonchev–Trinajstić information content (AvgIpc) is 2.95. The van der Waals surface area contributed by atoms with Crippen LogP contribution in [-0.2, 0) is 9.53 Å². The number of carbonyl (C=O) groups is 2. The van der Waals surface area contributed by atoms with Crippen LogP contribution in [0.1, 0.15) is 16.8 Å². The normalized spacial score (nSPS) is 12.6. The first-order valence-electron chi connectivity index (χ1n) is 8.51. The summed E-state index contributed by atoms with van der Waals surface area (Å²) in [4.78, 5) is 24.0. The summed E-state index contributed by atoms with van der Waals surface area (Å²) < 4.78 is 26.4. The van der Waals surface area contributed by atoms with E-state index in [9.17, 15) is 9.59 Å². The summed E-state index contributed by atoms with van der Waals surface area (Å²) in [5, 5.41) is 0. The number of hydrogen-bond donors (Lipinski definition) is 0. The standard InChI is InChI=1S/C20H20O7/c1-23-15-4-6-16(7-5-15)26-13-20(22)27-12-17(21)14-3-8-18-19(11-14)25-10-2-9-24-18/h3-8,11H,2,9-10,12-13H2,1H3. The molecule has 0 spiro atoms. The highest BCUT2D eigenvalue weighted by Crippen LogP contribution is 2.30. The summed E-state index contributed by atoms with van der Waals surface area (Å²) in [7, 11) is 1.56. The Bertz CT molecular complexity index is 798. The summed E-state index contributed by atoms with van der Waals surface area (Å²) in [6.45, 7) is 0.444. The van der Waals surface area contributed by atoms with Crippen LogP contribution in [0.5, 0.6) is 23.0 Å². The molecule has 3 rings (SSSR count). The summed E-state index contributed by atoms with van der Waals surface area (Å²) in [6, 6.07) is 11.7. The van der Waals surface area contributed by atoms with Gasteiger partial charge in [-0.05, 0) is 42.5 Å². The zero-order valence-electron chi connectivity index (χ0n) is 14.9. The molecule has 2 aromatic rings. The number of carbonyl (C=O) groups excluding carboxylic acids is 2. The van der Waals surface area contributed by atoms with E-state index in [-0.39, 0.29) is 19.0 Å². The highest BCUT2D eigenvalue weighted by molar-refractivity contribution is 5.98. The minimum atomic E-state index is -0.631. The molecule has 1 heterocycles. The van der Waals surface area contributed by atoms with E-state index in [1.165, 1.54) is 0 Å². The lowest BCUT2D eigenvalue weighted by molar-refractivity contribution is -0.144. The van der Waals surface area contributed by atoms with Gasteiger partial charge in [-0.2, -0.15) is 0 Å². The van der Waals surface area contributed by atoms with Crippen molar-refractivity contribution in [1.82, 2.24) is 0 Å². The third-order valence-electron chi connectivity index (χ3n) is 3.85. The average molecular weight is 372 g/mol. The Morgan fingerprint density at radius 2 is 1.63 bits per heavy atom. The maximum absolute atomic E-state index is 12.2. The molecule has 0 aliphatic carbocycles. The van der Waals surface area contributed by atoms with Gasteiger partial charge in [0.15, 0.2) is 30.5 Å². The van der Waals surface area contributed by atoms with Gasteiger partial charge < -0.3 is 23.7 Å². The van der Waals surface area contributed by atoms with Gasteiger partial charge in [0.05, 0.1) is 20.3 Å². The summed E-state index contributed by atoms with van der Waals surface area (Å²) >= 11 is 0. The molecule has 7 nitrogen and oxygen atoms in total. The fourth-order valence-corrected chi connectivity index (χ4v) is 2.42. The number of benzene rings is 2. The quantitative estimate of drug-likeness (QED) is 0.546. The van der Waals surface area contributed by atoms with Crippen molar-refractivity contribution in [3.63, 3.8) is 0 Å². The topological polar surface area (TPSA) is 80.3 Å². The number of esters is 1. The Morgan fingerprint density at radius 3 is 2.37 bits per heavy atom. The molecular weight excluding hydrogens is 352 g/mol. The minimum Gasteiger partial charge on any atom is -0.497 e. The predicted octanol–water partition coefficient (Wildman–Crippen LogP) is 2.66. The van der Waals surface area contributed by atoms with E-state index in [1.54, 1.807) is 49.6 Å². The van der Waals surface area contributed by atoms with Crippen LogP contribution in [0.15, 0.2) is 42.5 Å². The molecule has 2 aromatic carbocycles. The smallest absolute Gasteiger partial charge is 0.344 e. The number of hydrogen-bond acceptors (Lipinski definition) is 7. The third-order valence-corrected chi connectivity index (χ3v) is 3.85. The zero-order valence-corrected chi connectivity index (χ0v) is 14.9. The van der Waals surface area contributed by atoms with E-state index in [0.29, 0.717) is 41.8 Å². The van der Waals surface area contributed by atoms with Gasteiger partial charge in [0, 0.05) is 12.0 Å². The van der Waals surface area contributed by atoms with Crippen molar-refractivity contribution >= 4 is 11.8 Å². The van der Waals surface area contributed by atoms with Gasteiger partial charge >= 0.3 is 5.97 Å². The monoisotopic (exact) mass is 372 g/mol. The van der Waals surface area contributed by atoms with Gasteiger partial charge in [0.2, 0.25) is 0 Å². The van der Waals surface area contributed by atoms with Crippen molar-refractivity contribution in [2.24, 2.45) is 0 Å². The molecule has 0 atom stereocenters. The van der Waals surface area contributed by atoms with Crippen LogP contribution < -0.4 is 18.9 Å². The van der Waals surface area contributed by atoms with Gasteiger partial charge in [0.1, 0.15) is 11.5 Å². The van der Waals surface area contributed by atoms with E-state index in [4.69, 9.17) is 23.7 Å². The Labute approximate surface area is 156 Å². The van der Waals surface area contributed by atoms with Crippen LogP contribution >= 0.6 is 0 Å². The molecule has 0 saturated heterocycles. The first-order valence-corrected chi connectivity index (χ1v) is 8.51. The van der Waals surface area contributed by atoms with Crippen molar-refractivity contribution in [3.05, 3.63) is 48.0 Å². The van der Waals surface area contributed by atoms with Crippen LogP contribution in [0, 0.1) is 0 Å². The van der Waals surface area contributed by atoms with Crippen molar-refractivity contribution < 1.29 is 33.3 Å². The van der Waals surface area contributed by atoms with E-state index >= 15 is 0 Å². The highest BCUT2D eigenvalue weighted by Gasteiger charge is 2.15. The highest BCUT2D eigenvalue weighted by atomic mass is 16.6. The summed E-state index contributed by atoms with van der Waals surface area (Å²) in [5.41, 5.74) is 0.392. The number of ether oxygens (including phenoxy) is 5. The van der Waals surface area contributed by atoms with Gasteiger partial charge in [-0.25, -0.2) is 4.79 Å². The van der Waals surface area contributed by atoms with Crippen molar-refractivity contribution in [1.29, 1.82) is 0 Å². The largest absolute Gasteiger partial charge is 0.497 e. The number of rotatable bonds is 7. The molecule has 27 heavy (non-hydrogen) atoms. The van der Waals surface area contributed by atoms with Crippen molar-refractivity contribution in [2.75, 3.05) is 33.5 Å². The van der Waals surface area contributed by atoms with Crippen LogP contribution in [0.2, 0.25) is 0 Å². The minimum absolute atomic E-state index is 0.291. The molecule has 0 unspecified atom stereocenters. The molecule has 0 fully saturated rings. The Balaban J connectivity index is 1.48. The second-order valence-corrected chi connectivity index (χ2v) is 5.76. The second-order valence-electron chi connectivity index (χ2n) is 5.76. The number of fused-ring (bicyclic) bond motifs is 1. The fraction of sp³-hybridized carbons (Fsp3) is 0.300. The van der Waals surface area contributed by atoms with Crippen molar-refractivity contribution in [2.45, 2.75) is 6.42 Å². The maximum Gasteiger partial charge on any atom is 0.344 e. The van der Waals surface area contributed by atoms with Crippen LogP contribution in [0.25, 0.3) is 0 Å². The molecule has 0 saturated carbocycles. The molecule has 7 heteroatoms. The second kappa shape index (κ2) is 8.93. The van der Waals surface area contributed by atoms with Gasteiger partial charge in [0.25, 0.3) is 0 Å². The van der Waals surface area contributed by atoms with E-state index in [1.807, 2.05) is 0 Å². The third kappa shape index (κ3) is 5.13. The number of methoxy groups -OCH3 is 1. The SMILES string of the molecule is COc1ccc(OCC(=O)OCC(=O)c2ccc3c(c2)OCCCO3)cc1. The lowest BCUT2D eigenvalue weighted by Gasteiger charge is -2.10. The molecule has 142 valence electrons. The van der Waals surface area contributed by atoms with Gasteiger partial charge in [-0.15, -0.1) is 0 Å². The fourth-order valence-electron chi connectivity index (χ4n) is 2.42. The first-order chi connectivity index (χ1) is 13.2. The van der Waals surface area contributed by atoms with Crippen molar-refractivity contribution in [3.8, 4) is 23.0 Å².